The third kappa shape index (κ3) is 6.14. The zero-order valence-corrected chi connectivity index (χ0v) is 12.2. The van der Waals surface area contributed by atoms with Gasteiger partial charge in [-0.2, -0.15) is 0 Å². The normalized spacial score (nSPS) is 11.1. The molecule has 4 nitrogen and oxygen atoms in total. The first-order valence-corrected chi connectivity index (χ1v) is 6.56. The highest BCUT2D eigenvalue weighted by Gasteiger charge is 2.31. The Morgan fingerprint density at radius 2 is 2.10 bits per heavy atom. The van der Waals surface area contributed by atoms with Crippen LogP contribution in [-0.4, -0.2) is 25.4 Å². The number of benzene rings is 1. The van der Waals surface area contributed by atoms with Gasteiger partial charge in [0, 0.05) is 6.54 Å². The number of ether oxygens (including phenoxy) is 2. The van der Waals surface area contributed by atoms with E-state index in [2.05, 4.69) is 26.0 Å². The molecule has 0 fully saturated rings. The summed E-state index contributed by atoms with van der Waals surface area (Å²) in [5.41, 5.74) is 0. The minimum absolute atomic E-state index is 0.210. The number of rotatable bonds is 6. The summed E-state index contributed by atoms with van der Waals surface area (Å²) in [4.78, 5) is 11.3. The maximum atomic E-state index is 12.0. The molecule has 20 heavy (non-hydrogen) atoms. The van der Waals surface area contributed by atoms with Crippen LogP contribution in [0.4, 0.5) is 13.2 Å². The van der Waals surface area contributed by atoms with E-state index in [4.69, 9.17) is 4.74 Å². The first-order chi connectivity index (χ1) is 9.31. The molecular weight excluding hydrogens is 343 g/mol. The average molecular weight is 356 g/mol. The lowest BCUT2D eigenvalue weighted by atomic mass is 10.3. The maximum absolute atomic E-state index is 12.0. The van der Waals surface area contributed by atoms with Crippen LogP contribution in [0.5, 0.6) is 11.5 Å². The van der Waals surface area contributed by atoms with Crippen LogP contribution in [0.3, 0.4) is 0 Å². The molecule has 112 valence electrons. The van der Waals surface area contributed by atoms with Gasteiger partial charge in [0.15, 0.2) is 6.61 Å². The molecule has 1 aromatic rings. The summed E-state index contributed by atoms with van der Waals surface area (Å²) in [6.07, 6.45) is -3.94. The van der Waals surface area contributed by atoms with Crippen molar-refractivity contribution >= 4 is 21.8 Å². The second-order valence-electron chi connectivity index (χ2n) is 3.78. The van der Waals surface area contributed by atoms with Gasteiger partial charge in [0.05, 0.1) is 4.47 Å². The molecule has 0 spiro atoms. The van der Waals surface area contributed by atoms with Crippen molar-refractivity contribution in [3.05, 3.63) is 22.7 Å². The largest absolute Gasteiger partial charge is 0.573 e. The number of amides is 1. The van der Waals surface area contributed by atoms with E-state index >= 15 is 0 Å². The quantitative estimate of drug-likeness (QED) is 0.851. The highest BCUT2D eigenvalue weighted by atomic mass is 79.9. The van der Waals surface area contributed by atoms with Gasteiger partial charge >= 0.3 is 6.36 Å². The highest BCUT2D eigenvalue weighted by molar-refractivity contribution is 9.10. The Kier molecular flexibility index (Phi) is 6.12. The summed E-state index contributed by atoms with van der Waals surface area (Å²) in [7, 11) is 0. The third-order valence-electron chi connectivity index (χ3n) is 2.07. The number of alkyl halides is 3. The Balaban J connectivity index is 2.58. The van der Waals surface area contributed by atoms with Gasteiger partial charge in [-0.05, 0) is 40.5 Å². The molecule has 1 aromatic carbocycles. The number of carbonyl (C=O) groups excluding carboxylic acids is 1. The number of hydrogen-bond donors (Lipinski definition) is 1. The van der Waals surface area contributed by atoms with E-state index < -0.39 is 6.36 Å². The van der Waals surface area contributed by atoms with E-state index in [1.54, 1.807) is 0 Å². The Hall–Kier alpha value is -1.44. The molecule has 0 radical (unpaired) electrons. The van der Waals surface area contributed by atoms with Gasteiger partial charge < -0.3 is 14.8 Å². The first kappa shape index (κ1) is 16.6. The molecule has 1 rings (SSSR count). The lowest BCUT2D eigenvalue weighted by Crippen LogP contribution is -2.29. The van der Waals surface area contributed by atoms with Crippen molar-refractivity contribution < 1.29 is 27.4 Å². The van der Waals surface area contributed by atoms with Crippen molar-refractivity contribution in [2.75, 3.05) is 13.2 Å². The van der Waals surface area contributed by atoms with Crippen LogP contribution in [-0.2, 0) is 4.79 Å². The first-order valence-electron chi connectivity index (χ1n) is 5.76. The Bertz CT molecular complexity index is 466. The monoisotopic (exact) mass is 355 g/mol. The fourth-order valence-corrected chi connectivity index (χ4v) is 1.73. The maximum Gasteiger partial charge on any atom is 0.573 e. The number of carbonyl (C=O) groups is 1. The molecule has 0 aliphatic heterocycles. The smallest absolute Gasteiger partial charge is 0.483 e. The Labute approximate surface area is 122 Å². The van der Waals surface area contributed by atoms with Crippen molar-refractivity contribution in [3.8, 4) is 11.5 Å². The summed E-state index contributed by atoms with van der Waals surface area (Å²) < 4.78 is 45.3. The van der Waals surface area contributed by atoms with E-state index in [9.17, 15) is 18.0 Å². The molecule has 0 heterocycles. The van der Waals surface area contributed by atoms with Crippen LogP contribution in [0.15, 0.2) is 22.7 Å². The van der Waals surface area contributed by atoms with E-state index in [0.29, 0.717) is 6.54 Å². The van der Waals surface area contributed by atoms with Gasteiger partial charge in [0.1, 0.15) is 11.5 Å². The molecule has 0 aliphatic rings. The molecule has 0 bridgehead atoms. The SMILES string of the molecule is CCCNC(=O)COc1ccc(OC(F)(F)F)cc1Br. The lowest BCUT2D eigenvalue weighted by molar-refractivity contribution is -0.274. The molecule has 0 aliphatic carbocycles. The Morgan fingerprint density at radius 3 is 2.65 bits per heavy atom. The standard InChI is InChI=1S/C12H13BrF3NO3/c1-2-5-17-11(18)7-19-10-4-3-8(6-9(10)13)20-12(14,15)16/h3-4,6H,2,5,7H2,1H3,(H,17,18). The van der Waals surface area contributed by atoms with Crippen molar-refractivity contribution in [1.29, 1.82) is 0 Å². The van der Waals surface area contributed by atoms with E-state index in [-0.39, 0.29) is 28.5 Å². The molecule has 1 amide bonds. The molecule has 0 aromatic heterocycles. The molecular formula is C12H13BrF3NO3. The predicted octanol–water partition coefficient (Wildman–Crippen LogP) is 3.25. The van der Waals surface area contributed by atoms with Crippen molar-refractivity contribution in [3.63, 3.8) is 0 Å². The zero-order chi connectivity index (χ0) is 15.2. The van der Waals surface area contributed by atoms with Crippen LogP contribution < -0.4 is 14.8 Å². The molecule has 8 heteroatoms. The average Bonchev–Trinajstić information content (AvgIpc) is 2.33. The van der Waals surface area contributed by atoms with Gasteiger partial charge in [-0.15, -0.1) is 13.2 Å². The second-order valence-corrected chi connectivity index (χ2v) is 4.63. The van der Waals surface area contributed by atoms with Crippen molar-refractivity contribution in [2.45, 2.75) is 19.7 Å². The van der Waals surface area contributed by atoms with Crippen LogP contribution in [0.25, 0.3) is 0 Å². The molecule has 0 unspecified atom stereocenters. The van der Waals surface area contributed by atoms with Crippen molar-refractivity contribution in [1.82, 2.24) is 5.32 Å². The van der Waals surface area contributed by atoms with Gasteiger partial charge in [-0.25, -0.2) is 0 Å². The molecule has 0 saturated carbocycles. The fourth-order valence-electron chi connectivity index (χ4n) is 1.25. The Morgan fingerprint density at radius 1 is 1.40 bits per heavy atom. The molecule has 0 atom stereocenters. The predicted molar refractivity (Wildman–Crippen MR) is 69.6 cm³/mol. The van der Waals surface area contributed by atoms with E-state index in [1.807, 2.05) is 6.92 Å². The van der Waals surface area contributed by atoms with Gasteiger partial charge in [0.25, 0.3) is 5.91 Å². The number of halogens is 4. The summed E-state index contributed by atoms with van der Waals surface area (Å²) in [5, 5.41) is 2.61. The van der Waals surface area contributed by atoms with Crippen molar-refractivity contribution in [2.24, 2.45) is 0 Å². The van der Waals surface area contributed by atoms with Crippen LogP contribution in [0, 0.1) is 0 Å². The van der Waals surface area contributed by atoms with Crippen LogP contribution >= 0.6 is 15.9 Å². The highest BCUT2D eigenvalue weighted by Crippen LogP contribution is 2.31. The zero-order valence-electron chi connectivity index (χ0n) is 10.6. The minimum atomic E-state index is -4.75. The van der Waals surface area contributed by atoms with Gasteiger partial charge in [-0.1, -0.05) is 6.92 Å². The summed E-state index contributed by atoms with van der Waals surface area (Å²) in [6, 6.07) is 3.52. The summed E-state index contributed by atoms with van der Waals surface area (Å²) in [5.74, 6) is -0.410. The number of hydrogen-bond acceptors (Lipinski definition) is 3. The summed E-state index contributed by atoms with van der Waals surface area (Å²) >= 11 is 3.05. The minimum Gasteiger partial charge on any atom is -0.483 e. The number of nitrogens with one attached hydrogen (secondary N) is 1. The second kappa shape index (κ2) is 7.37. The fraction of sp³-hybridized carbons (Fsp3) is 0.417. The summed E-state index contributed by atoms with van der Waals surface area (Å²) in [6.45, 7) is 2.25. The van der Waals surface area contributed by atoms with Crippen LogP contribution in [0.1, 0.15) is 13.3 Å². The molecule has 0 saturated heterocycles. The van der Waals surface area contributed by atoms with Gasteiger partial charge in [0.2, 0.25) is 0 Å². The third-order valence-corrected chi connectivity index (χ3v) is 2.69. The van der Waals surface area contributed by atoms with E-state index in [0.717, 1.165) is 18.6 Å². The molecule has 1 N–H and O–H groups in total. The van der Waals surface area contributed by atoms with Gasteiger partial charge in [-0.3, -0.25) is 4.79 Å². The lowest BCUT2D eigenvalue weighted by Gasteiger charge is -2.12. The topological polar surface area (TPSA) is 47.6 Å². The van der Waals surface area contributed by atoms with E-state index in [1.165, 1.54) is 6.07 Å². The van der Waals surface area contributed by atoms with Crippen LogP contribution in [0.2, 0.25) is 0 Å².